The van der Waals surface area contributed by atoms with E-state index in [1.54, 1.807) is 37.4 Å². The van der Waals surface area contributed by atoms with E-state index < -0.39 is 11.9 Å². The largest absolute Gasteiger partial charge is 0.447 e. The van der Waals surface area contributed by atoms with Gasteiger partial charge in [-0.05, 0) is 41.4 Å². The van der Waals surface area contributed by atoms with Crippen LogP contribution in [-0.4, -0.2) is 9.67 Å². The zero-order valence-electron chi connectivity index (χ0n) is 9.96. The van der Waals surface area contributed by atoms with Gasteiger partial charge in [-0.3, -0.25) is 4.57 Å². The molecule has 3 rings (SSSR count). The molecule has 98 valence electrons. The molecule has 1 atom stereocenters. The molecule has 2 aromatic heterocycles. The summed E-state index contributed by atoms with van der Waals surface area (Å²) in [4.78, 5) is 11.4. The minimum Gasteiger partial charge on any atom is -0.447 e. The van der Waals surface area contributed by atoms with Gasteiger partial charge in [0.25, 0.3) is 0 Å². The van der Waals surface area contributed by atoms with E-state index in [4.69, 9.17) is 20.4 Å². The number of hydrogen-bond acceptors (Lipinski definition) is 4. The van der Waals surface area contributed by atoms with Crippen LogP contribution < -0.4 is 5.76 Å². The van der Waals surface area contributed by atoms with Crippen LogP contribution in [0.25, 0.3) is 11.1 Å². The fourth-order valence-electron chi connectivity index (χ4n) is 1.96. The summed E-state index contributed by atoms with van der Waals surface area (Å²) in [5, 5.41) is 10.4. The van der Waals surface area contributed by atoms with Gasteiger partial charge < -0.3 is 13.9 Å². The van der Waals surface area contributed by atoms with Crippen LogP contribution in [0.3, 0.4) is 0 Å². The molecule has 0 saturated heterocycles. The number of aromatic nitrogens is 1. The highest BCUT2D eigenvalue weighted by Crippen LogP contribution is 2.27. The maximum absolute atomic E-state index is 11.4. The maximum atomic E-state index is 11.4. The number of aliphatic hydroxyl groups excluding tert-OH is 1. The maximum Gasteiger partial charge on any atom is 0.419 e. The van der Waals surface area contributed by atoms with Crippen molar-refractivity contribution in [3.8, 4) is 0 Å². The Morgan fingerprint density at radius 2 is 2.05 bits per heavy atom. The first-order valence-electron chi connectivity index (χ1n) is 5.59. The third kappa shape index (κ3) is 1.97. The molecule has 6 heteroatoms. The Hall–Kier alpha value is -1.98. The second kappa shape index (κ2) is 4.29. The average Bonchev–Trinajstić information content (AvgIpc) is 2.94. The van der Waals surface area contributed by atoms with Crippen LogP contribution in [0.2, 0.25) is 5.22 Å². The molecule has 1 unspecified atom stereocenters. The lowest BCUT2D eigenvalue weighted by Crippen LogP contribution is -2.08. The van der Waals surface area contributed by atoms with Crippen molar-refractivity contribution < 1.29 is 13.9 Å². The molecule has 0 aliphatic heterocycles. The lowest BCUT2D eigenvalue weighted by molar-refractivity contribution is 0.189. The molecule has 19 heavy (non-hydrogen) atoms. The van der Waals surface area contributed by atoms with E-state index in [-0.39, 0.29) is 5.22 Å². The summed E-state index contributed by atoms with van der Waals surface area (Å²) < 4.78 is 11.6. The summed E-state index contributed by atoms with van der Waals surface area (Å²) in [6.07, 6.45) is -0.956. The summed E-state index contributed by atoms with van der Waals surface area (Å²) in [7, 11) is 1.62. The van der Waals surface area contributed by atoms with Crippen molar-refractivity contribution in [1.82, 2.24) is 4.57 Å². The fourth-order valence-corrected chi connectivity index (χ4v) is 2.11. The highest BCUT2D eigenvalue weighted by molar-refractivity contribution is 6.28. The minimum absolute atomic E-state index is 0.210. The number of hydrogen-bond donors (Lipinski definition) is 1. The average molecular weight is 280 g/mol. The molecule has 0 aliphatic carbocycles. The molecule has 0 fully saturated rings. The number of halogens is 1. The van der Waals surface area contributed by atoms with Crippen molar-refractivity contribution in [2.75, 3.05) is 0 Å². The van der Waals surface area contributed by atoms with Crippen molar-refractivity contribution in [3.05, 3.63) is 57.4 Å². The summed E-state index contributed by atoms with van der Waals surface area (Å²) in [5.41, 5.74) is 1.65. The number of rotatable bonds is 2. The van der Waals surface area contributed by atoms with E-state index in [0.717, 1.165) is 0 Å². The monoisotopic (exact) mass is 279 g/mol. The number of aryl methyl sites for hydroxylation is 1. The van der Waals surface area contributed by atoms with Gasteiger partial charge in [0.1, 0.15) is 11.9 Å². The third-order valence-electron chi connectivity index (χ3n) is 3.00. The Labute approximate surface area is 112 Å². The van der Waals surface area contributed by atoms with Gasteiger partial charge in [-0.15, -0.1) is 0 Å². The van der Waals surface area contributed by atoms with Crippen molar-refractivity contribution in [3.63, 3.8) is 0 Å². The zero-order valence-corrected chi connectivity index (χ0v) is 10.7. The van der Waals surface area contributed by atoms with Gasteiger partial charge in [0, 0.05) is 7.05 Å². The van der Waals surface area contributed by atoms with E-state index >= 15 is 0 Å². The van der Waals surface area contributed by atoms with E-state index in [1.807, 2.05) is 0 Å². The Bertz CT molecular complexity index is 798. The van der Waals surface area contributed by atoms with Crippen molar-refractivity contribution in [1.29, 1.82) is 0 Å². The molecule has 0 saturated carbocycles. The van der Waals surface area contributed by atoms with E-state index in [0.29, 0.717) is 22.4 Å². The first-order valence-corrected chi connectivity index (χ1v) is 5.97. The molecule has 1 N–H and O–H groups in total. The van der Waals surface area contributed by atoms with Crippen LogP contribution >= 0.6 is 11.6 Å². The SMILES string of the molecule is Cn1c(=O)oc2cc(C(O)c3ccc(Cl)o3)ccc21. The molecule has 1 aromatic carbocycles. The van der Waals surface area contributed by atoms with Crippen molar-refractivity contribution >= 4 is 22.7 Å². The smallest absolute Gasteiger partial charge is 0.419 e. The quantitative estimate of drug-likeness (QED) is 0.782. The Balaban J connectivity index is 2.08. The number of fused-ring (bicyclic) bond motifs is 1. The number of benzene rings is 1. The Morgan fingerprint density at radius 3 is 2.74 bits per heavy atom. The summed E-state index contributed by atoms with van der Waals surface area (Å²) >= 11 is 5.67. The second-order valence-electron chi connectivity index (χ2n) is 4.20. The molecule has 3 aromatic rings. The van der Waals surface area contributed by atoms with Crippen molar-refractivity contribution in [2.45, 2.75) is 6.10 Å². The highest BCUT2D eigenvalue weighted by atomic mass is 35.5. The van der Waals surface area contributed by atoms with Gasteiger partial charge in [-0.2, -0.15) is 0 Å². The predicted molar refractivity (Wildman–Crippen MR) is 69.2 cm³/mol. The van der Waals surface area contributed by atoms with E-state index in [2.05, 4.69) is 0 Å². The molecule has 0 spiro atoms. The third-order valence-corrected chi connectivity index (χ3v) is 3.20. The lowest BCUT2D eigenvalue weighted by Gasteiger charge is -2.07. The normalized spacial score (nSPS) is 13.0. The van der Waals surface area contributed by atoms with Crippen LogP contribution in [-0.2, 0) is 7.05 Å². The van der Waals surface area contributed by atoms with Gasteiger partial charge in [0.2, 0.25) is 0 Å². The second-order valence-corrected chi connectivity index (χ2v) is 4.57. The van der Waals surface area contributed by atoms with Gasteiger partial charge in [-0.25, -0.2) is 4.79 Å². The molecule has 0 radical (unpaired) electrons. The summed E-state index contributed by atoms with van der Waals surface area (Å²) in [6, 6.07) is 8.18. The van der Waals surface area contributed by atoms with Crippen LogP contribution in [0.4, 0.5) is 0 Å². The predicted octanol–water partition coefficient (Wildman–Crippen LogP) is 2.46. The van der Waals surface area contributed by atoms with Crippen LogP contribution in [0.15, 0.2) is 44.0 Å². The number of furan rings is 1. The topological polar surface area (TPSA) is 68.5 Å². The van der Waals surface area contributed by atoms with Gasteiger partial charge in [0.05, 0.1) is 5.52 Å². The molecular formula is C13H10ClNO4. The lowest BCUT2D eigenvalue weighted by atomic mass is 10.1. The van der Waals surface area contributed by atoms with Crippen LogP contribution in [0.1, 0.15) is 17.4 Å². The first kappa shape index (κ1) is 12.1. The summed E-state index contributed by atoms with van der Waals surface area (Å²) in [6.45, 7) is 0. The van der Waals surface area contributed by atoms with E-state index in [9.17, 15) is 9.90 Å². The first-order chi connectivity index (χ1) is 9.06. The zero-order chi connectivity index (χ0) is 13.6. The van der Waals surface area contributed by atoms with Crippen LogP contribution in [0, 0.1) is 0 Å². The highest BCUT2D eigenvalue weighted by Gasteiger charge is 2.16. The molecule has 0 aliphatic rings. The molecule has 0 bridgehead atoms. The molecule has 0 amide bonds. The van der Waals surface area contributed by atoms with Gasteiger partial charge in [-0.1, -0.05) is 6.07 Å². The Morgan fingerprint density at radius 1 is 1.26 bits per heavy atom. The molecule has 5 nitrogen and oxygen atoms in total. The van der Waals surface area contributed by atoms with Crippen molar-refractivity contribution in [2.24, 2.45) is 7.05 Å². The molecular weight excluding hydrogens is 270 g/mol. The molecule has 2 heterocycles. The van der Waals surface area contributed by atoms with Crippen LogP contribution in [0.5, 0.6) is 0 Å². The standard InChI is InChI=1S/C13H10ClNO4/c1-15-8-3-2-7(6-10(8)19-13(15)17)12(16)9-4-5-11(14)18-9/h2-6,12,16H,1H3. The number of oxazole rings is 1. The van der Waals surface area contributed by atoms with Gasteiger partial charge >= 0.3 is 5.76 Å². The van der Waals surface area contributed by atoms with E-state index in [1.165, 1.54) is 4.57 Å². The number of aliphatic hydroxyl groups is 1. The minimum atomic E-state index is -0.956. The Kier molecular flexibility index (Phi) is 2.73. The summed E-state index contributed by atoms with van der Waals surface area (Å²) in [5.74, 6) is -0.106. The fraction of sp³-hybridized carbons (Fsp3) is 0.154. The van der Waals surface area contributed by atoms with Gasteiger partial charge in [0.15, 0.2) is 10.8 Å². The number of nitrogens with zero attached hydrogens (tertiary/aromatic N) is 1.